The molecular weight excluding hydrogens is 318 g/mol. The molecule has 1 aliphatic rings. The van der Waals surface area contributed by atoms with Crippen molar-refractivity contribution < 1.29 is 4.79 Å². The Morgan fingerprint density at radius 1 is 1.45 bits per heavy atom. The number of hydrogen-bond donors (Lipinski definition) is 1. The fourth-order valence-electron chi connectivity index (χ4n) is 2.61. The molecule has 1 aromatic carbocycles. The molecule has 4 nitrogen and oxygen atoms in total. The standard InChI is InChI=1S/C15H22BrN3O/c1-18-7-5-11(6-8-18)10-19(2)15(20)12-3-4-13(16)14(17)9-12/h3-4,9,11H,5-8,10,17H2,1-2H3. The summed E-state index contributed by atoms with van der Waals surface area (Å²) in [6.45, 7) is 3.07. The van der Waals surface area contributed by atoms with Gasteiger partial charge in [0.05, 0.1) is 0 Å². The molecule has 1 fully saturated rings. The lowest BCUT2D eigenvalue weighted by Crippen LogP contribution is -2.38. The van der Waals surface area contributed by atoms with Crippen LogP contribution in [0.5, 0.6) is 0 Å². The van der Waals surface area contributed by atoms with E-state index in [1.54, 1.807) is 6.07 Å². The molecule has 2 N–H and O–H groups in total. The molecule has 2 rings (SSSR count). The first-order valence-electron chi connectivity index (χ1n) is 6.96. The molecule has 0 atom stereocenters. The lowest BCUT2D eigenvalue weighted by molar-refractivity contribution is 0.0747. The van der Waals surface area contributed by atoms with Crippen LogP contribution >= 0.6 is 15.9 Å². The van der Waals surface area contributed by atoms with Crippen molar-refractivity contribution in [1.82, 2.24) is 9.80 Å². The lowest BCUT2D eigenvalue weighted by atomic mass is 9.96. The summed E-state index contributed by atoms with van der Waals surface area (Å²) in [5, 5.41) is 0. The summed E-state index contributed by atoms with van der Waals surface area (Å²) < 4.78 is 0.826. The first-order chi connectivity index (χ1) is 9.47. The number of benzene rings is 1. The van der Waals surface area contributed by atoms with Gasteiger partial charge < -0.3 is 15.5 Å². The maximum Gasteiger partial charge on any atom is 0.253 e. The van der Waals surface area contributed by atoms with E-state index in [1.165, 1.54) is 0 Å². The van der Waals surface area contributed by atoms with Crippen LogP contribution in [0.1, 0.15) is 23.2 Å². The SMILES string of the molecule is CN1CCC(CN(C)C(=O)c2ccc(Br)c(N)c2)CC1. The average molecular weight is 340 g/mol. The molecule has 0 radical (unpaired) electrons. The van der Waals surface area contributed by atoms with Gasteiger partial charge in [-0.05, 0) is 73.0 Å². The molecule has 1 saturated heterocycles. The first-order valence-corrected chi connectivity index (χ1v) is 7.75. The number of anilines is 1. The van der Waals surface area contributed by atoms with E-state index in [1.807, 2.05) is 24.1 Å². The number of nitrogens with zero attached hydrogens (tertiary/aromatic N) is 2. The number of hydrogen-bond acceptors (Lipinski definition) is 3. The monoisotopic (exact) mass is 339 g/mol. The van der Waals surface area contributed by atoms with Gasteiger partial charge in [0.25, 0.3) is 5.91 Å². The van der Waals surface area contributed by atoms with E-state index >= 15 is 0 Å². The highest BCUT2D eigenvalue weighted by Gasteiger charge is 2.21. The van der Waals surface area contributed by atoms with Crippen LogP contribution in [-0.4, -0.2) is 49.4 Å². The van der Waals surface area contributed by atoms with Crippen molar-refractivity contribution in [2.24, 2.45) is 5.92 Å². The predicted octanol–water partition coefficient (Wildman–Crippen LogP) is 2.45. The zero-order valence-corrected chi connectivity index (χ0v) is 13.7. The summed E-state index contributed by atoms with van der Waals surface area (Å²) in [5.74, 6) is 0.649. The minimum atomic E-state index is 0.0446. The Balaban J connectivity index is 1.96. The lowest BCUT2D eigenvalue weighted by Gasteiger charge is -2.31. The molecule has 1 aromatic rings. The number of nitrogens with two attached hydrogens (primary N) is 1. The highest BCUT2D eigenvalue weighted by Crippen LogP contribution is 2.22. The van der Waals surface area contributed by atoms with E-state index in [-0.39, 0.29) is 5.91 Å². The van der Waals surface area contributed by atoms with E-state index < -0.39 is 0 Å². The summed E-state index contributed by atoms with van der Waals surface area (Å²) >= 11 is 3.35. The van der Waals surface area contributed by atoms with Gasteiger partial charge in [0, 0.05) is 29.3 Å². The Morgan fingerprint density at radius 2 is 2.10 bits per heavy atom. The van der Waals surface area contributed by atoms with E-state index in [0.717, 1.165) is 36.9 Å². The topological polar surface area (TPSA) is 49.6 Å². The Bertz CT molecular complexity index is 484. The van der Waals surface area contributed by atoms with Gasteiger partial charge in [0.1, 0.15) is 0 Å². The van der Waals surface area contributed by atoms with Crippen LogP contribution < -0.4 is 5.73 Å². The fourth-order valence-corrected chi connectivity index (χ4v) is 2.86. The van der Waals surface area contributed by atoms with Gasteiger partial charge in [-0.3, -0.25) is 4.79 Å². The van der Waals surface area contributed by atoms with Crippen LogP contribution in [0.15, 0.2) is 22.7 Å². The molecule has 110 valence electrons. The van der Waals surface area contributed by atoms with Crippen molar-refractivity contribution in [2.45, 2.75) is 12.8 Å². The molecule has 0 aromatic heterocycles. The maximum atomic E-state index is 12.4. The van der Waals surface area contributed by atoms with Crippen LogP contribution in [0.3, 0.4) is 0 Å². The van der Waals surface area contributed by atoms with E-state index in [2.05, 4.69) is 27.9 Å². The van der Waals surface area contributed by atoms with Crippen molar-refractivity contribution in [3.63, 3.8) is 0 Å². The van der Waals surface area contributed by atoms with Gasteiger partial charge in [-0.2, -0.15) is 0 Å². The minimum Gasteiger partial charge on any atom is -0.398 e. The smallest absolute Gasteiger partial charge is 0.253 e. The van der Waals surface area contributed by atoms with Crippen LogP contribution in [0.2, 0.25) is 0 Å². The molecule has 5 heteroatoms. The molecule has 1 heterocycles. The number of likely N-dealkylation sites (tertiary alicyclic amines) is 1. The van der Waals surface area contributed by atoms with Crippen LogP contribution in [0.4, 0.5) is 5.69 Å². The number of rotatable bonds is 3. The van der Waals surface area contributed by atoms with E-state index in [9.17, 15) is 4.79 Å². The van der Waals surface area contributed by atoms with Gasteiger partial charge in [-0.15, -0.1) is 0 Å². The zero-order valence-electron chi connectivity index (χ0n) is 12.1. The molecule has 0 spiro atoms. The van der Waals surface area contributed by atoms with Crippen molar-refractivity contribution in [3.05, 3.63) is 28.2 Å². The highest BCUT2D eigenvalue weighted by molar-refractivity contribution is 9.10. The third-order valence-corrected chi connectivity index (χ3v) is 4.68. The molecule has 1 amide bonds. The summed E-state index contributed by atoms with van der Waals surface area (Å²) in [4.78, 5) is 16.5. The minimum absolute atomic E-state index is 0.0446. The summed E-state index contributed by atoms with van der Waals surface area (Å²) in [5.41, 5.74) is 7.09. The second-order valence-electron chi connectivity index (χ2n) is 5.67. The number of piperidine rings is 1. The Kier molecular flexibility index (Phi) is 5.05. The zero-order chi connectivity index (χ0) is 14.7. The number of nitrogen functional groups attached to an aromatic ring is 1. The van der Waals surface area contributed by atoms with Crippen LogP contribution in [0.25, 0.3) is 0 Å². The summed E-state index contributed by atoms with van der Waals surface area (Å²) in [6, 6.07) is 5.37. The molecule has 20 heavy (non-hydrogen) atoms. The number of halogens is 1. The maximum absolute atomic E-state index is 12.4. The van der Waals surface area contributed by atoms with Crippen LogP contribution in [-0.2, 0) is 0 Å². The molecule has 0 bridgehead atoms. The van der Waals surface area contributed by atoms with Gasteiger partial charge >= 0.3 is 0 Å². The van der Waals surface area contributed by atoms with E-state index in [0.29, 0.717) is 17.2 Å². The van der Waals surface area contributed by atoms with Crippen molar-refractivity contribution in [3.8, 4) is 0 Å². The fraction of sp³-hybridized carbons (Fsp3) is 0.533. The molecule has 1 aliphatic heterocycles. The third-order valence-electron chi connectivity index (χ3n) is 3.96. The second kappa shape index (κ2) is 6.59. The number of carbonyl (C=O) groups is 1. The van der Waals surface area contributed by atoms with Gasteiger partial charge in [0.15, 0.2) is 0 Å². The molecular formula is C15H22BrN3O. The second-order valence-corrected chi connectivity index (χ2v) is 6.52. The summed E-state index contributed by atoms with van der Waals surface area (Å²) in [6.07, 6.45) is 2.33. The van der Waals surface area contributed by atoms with Crippen molar-refractivity contribution >= 4 is 27.5 Å². The first kappa shape index (κ1) is 15.3. The molecule has 0 unspecified atom stereocenters. The Morgan fingerprint density at radius 3 is 2.70 bits per heavy atom. The number of carbonyl (C=O) groups excluding carboxylic acids is 1. The van der Waals surface area contributed by atoms with Crippen LogP contribution in [0, 0.1) is 5.92 Å². The van der Waals surface area contributed by atoms with Crippen molar-refractivity contribution in [1.29, 1.82) is 0 Å². The Hall–Kier alpha value is -1.07. The average Bonchev–Trinajstić information content (AvgIpc) is 2.43. The highest BCUT2D eigenvalue weighted by atomic mass is 79.9. The largest absolute Gasteiger partial charge is 0.398 e. The third kappa shape index (κ3) is 3.73. The normalized spacial score (nSPS) is 17.1. The van der Waals surface area contributed by atoms with E-state index in [4.69, 9.17) is 5.73 Å². The molecule has 0 aliphatic carbocycles. The predicted molar refractivity (Wildman–Crippen MR) is 85.7 cm³/mol. The molecule has 0 saturated carbocycles. The van der Waals surface area contributed by atoms with Gasteiger partial charge in [0.2, 0.25) is 0 Å². The summed E-state index contributed by atoms with van der Waals surface area (Å²) in [7, 11) is 4.02. The van der Waals surface area contributed by atoms with Crippen molar-refractivity contribution in [2.75, 3.05) is 39.5 Å². The van der Waals surface area contributed by atoms with Gasteiger partial charge in [-0.1, -0.05) is 0 Å². The Labute approximate surface area is 129 Å². The quantitative estimate of drug-likeness (QED) is 0.860. The van der Waals surface area contributed by atoms with Gasteiger partial charge in [-0.25, -0.2) is 0 Å². The number of amides is 1.